The summed E-state index contributed by atoms with van der Waals surface area (Å²) in [6, 6.07) is 7.85. The summed E-state index contributed by atoms with van der Waals surface area (Å²) in [6.45, 7) is 5.96. The molecular formula is C13H16N2O. The third kappa shape index (κ3) is 1.73. The Balaban J connectivity index is 2.36. The number of hydrogen-bond donors (Lipinski definition) is 0. The molecule has 0 aromatic heterocycles. The van der Waals surface area contributed by atoms with Crippen LogP contribution in [0, 0.1) is 12.8 Å². The number of amides is 1. The monoisotopic (exact) mass is 216 g/mol. The van der Waals surface area contributed by atoms with E-state index >= 15 is 0 Å². The van der Waals surface area contributed by atoms with Crippen LogP contribution >= 0.6 is 0 Å². The molecule has 84 valence electrons. The fraction of sp³-hybridized carbons (Fsp3) is 0.385. The second kappa shape index (κ2) is 4.08. The molecule has 16 heavy (non-hydrogen) atoms. The van der Waals surface area contributed by atoms with Crippen LogP contribution in [0.5, 0.6) is 0 Å². The highest BCUT2D eigenvalue weighted by Crippen LogP contribution is 2.25. The maximum Gasteiger partial charge on any atom is 0.255 e. The zero-order valence-corrected chi connectivity index (χ0v) is 9.90. The van der Waals surface area contributed by atoms with Crippen molar-refractivity contribution in [3.8, 4) is 0 Å². The average molecular weight is 216 g/mol. The second-order valence-corrected chi connectivity index (χ2v) is 4.16. The van der Waals surface area contributed by atoms with Crippen molar-refractivity contribution in [2.24, 2.45) is 11.0 Å². The fourth-order valence-electron chi connectivity index (χ4n) is 1.91. The molecule has 1 aromatic rings. The quantitative estimate of drug-likeness (QED) is 0.748. The molecule has 1 atom stereocenters. The average Bonchev–Trinajstić information content (AvgIpc) is 2.56. The van der Waals surface area contributed by atoms with Gasteiger partial charge in [-0.05, 0) is 38.0 Å². The number of hydrogen-bond acceptors (Lipinski definition) is 2. The number of aryl methyl sites for hydroxylation is 1. The molecule has 0 saturated heterocycles. The Hall–Kier alpha value is -1.64. The standard InChI is InChI=1S/C13H16N2O/c1-4-12-10(3)13(16)15(14-12)11-7-5-6-9(2)8-11/h5-8,10H,4H2,1-3H3. The highest BCUT2D eigenvalue weighted by molar-refractivity contribution is 6.15. The summed E-state index contributed by atoms with van der Waals surface area (Å²) < 4.78 is 0. The highest BCUT2D eigenvalue weighted by atomic mass is 16.2. The number of nitrogens with zero attached hydrogens (tertiary/aromatic N) is 2. The van der Waals surface area contributed by atoms with Gasteiger partial charge in [0, 0.05) is 0 Å². The molecule has 0 saturated carbocycles. The molecule has 1 heterocycles. The first kappa shape index (κ1) is 10.9. The van der Waals surface area contributed by atoms with Crippen LogP contribution in [0.3, 0.4) is 0 Å². The van der Waals surface area contributed by atoms with Gasteiger partial charge in [-0.25, -0.2) is 5.01 Å². The van der Waals surface area contributed by atoms with E-state index in [4.69, 9.17) is 0 Å². The van der Waals surface area contributed by atoms with E-state index in [0.717, 1.165) is 23.4 Å². The molecule has 0 spiro atoms. The lowest BCUT2D eigenvalue weighted by Gasteiger charge is -2.13. The maximum atomic E-state index is 12.0. The molecule has 1 aliphatic rings. The predicted molar refractivity (Wildman–Crippen MR) is 65.6 cm³/mol. The summed E-state index contributed by atoms with van der Waals surface area (Å²) in [5.41, 5.74) is 2.96. The smallest absolute Gasteiger partial charge is 0.255 e. The molecule has 2 rings (SSSR count). The Morgan fingerprint density at radius 2 is 2.19 bits per heavy atom. The van der Waals surface area contributed by atoms with Crippen molar-refractivity contribution >= 4 is 17.3 Å². The first-order chi connectivity index (χ1) is 7.63. The fourth-order valence-corrected chi connectivity index (χ4v) is 1.91. The van der Waals surface area contributed by atoms with Gasteiger partial charge in [0.15, 0.2) is 0 Å². The van der Waals surface area contributed by atoms with E-state index in [2.05, 4.69) is 5.10 Å². The van der Waals surface area contributed by atoms with Gasteiger partial charge in [-0.15, -0.1) is 0 Å². The molecule has 0 N–H and O–H groups in total. The van der Waals surface area contributed by atoms with E-state index < -0.39 is 0 Å². The minimum Gasteiger partial charge on any atom is -0.272 e. The minimum absolute atomic E-state index is 0.0717. The van der Waals surface area contributed by atoms with Crippen LogP contribution in [0.25, 0.3) is 0 Å². The third-order valence-corrected chi connectivity index (χ3v) is 2.92. The van der Waals surface area contributed by atoms with Crippen molar-refractivity contribution < 1.29 is 4.79 Å². The van der Waals surface area contributed by atoms with Crippen molar-refractivity contribution in [3.63, 3.8) is 0 Å². The molecule has 1 aliphatic heterocycles. The summed E-state index contributed by atoms with van der Waals surface area (Å²) >= 11 is 0. The van der Waals surface area contributed by atoms with Gasteiger partial charge < -0.3 is 0 Å². The molecule has 3 heteroatoms. The van der Waals surface area contributed by atoms with Gasteiger partial charge in [0.2, 0.25) is 0 Å². The van der Waals surface area contributed by atoms with Crippen molar-refractivity contribution in [2.45, 2.75) is 27.2 Å². The Morgan fingerprint density at radius 3 is 2.75 bits per heavy atom. The third-order valence-electron chi connectivity index (χ3n) is 2.92. The summed E-state index contributed by atoms with van der Waals surface area (Å²) in [4.78, 5) is 12.0. The molecular weight excluding hydrogens is 200 g/mol. The van der Waals surface area contributed by atoms with E-state index in [-0.39, 0.29) is 11.8 Å². The van der Waals surface area contributed by atoms with Crippen molar-refractivity contribution in [1.29, 1.82) is 0 Å². The van der Waals surface area contributed by atoms with Gasteiger partial charge in [-0.3, -0.25) is 4.79 Å². The minimum atomic E-state index is -0.0782. The van der Waals surface area contributed by atoms with E-state index in [1.165, 1.54) is 5.01 Å². The van der Waals surface area contributed by atoms with Crippen LogP contribution in [0.15, 0.2) is 29.4 Å². The van der Waals surface area contributed by atoms with Crippen LogP contribution in [0.2, 0.25) is 0 Å². The molecule has 0 radical (unpaired) electrons. The molecule has 0 aliphatic carbocycles. The van der Waals surface area contributed by atoms with Crippen LogP contribution in [0.4, 0.5) is 5.69 Å². The van der Waals surface area contributed by atoms with Gasteiger partial charge >= 0.3 is 0 Å². The molecule has 3 nitrogen and oxygen atoms in total. The SMILES string of the molecule is CCC1=NN(c2cccc(C)c2)C(=O)C1C. The van der Waals surface area contributed by atoms with E-state index in [1.807, 2.05) is 45.0 Å². The summed E-state index contributed by atoms with van der Waals surface area (Å²) in [7, 11) is 0. The number of carbonyl (C=O) groups is 1. The van der Waals surface area contributed by atoms with Gasteiger partial charge in [0.25, 0.3) is 5.91 Å². The number of anilines is 1. The van der Waals surface area contributed by atoms with E-state index in [1.54, 1.807) is 0 Å². The Morgan fingerprint density at radius 1 is 1.44 bits per heavy atom. The lowest BCUT2D eigenvalue weighted by atomic mass is 10.0. The van der Waals surface area contributed by atoms with Gasteiger partial charge in [-0.2, -0.15) is 5.10 Å². The summed E-state index contributed by atoms with van der Waals surface area (Å²) in [5.74, 6) is -0.00652. The molecule has 0 bridgehead atoms. The largest absolute Gasteiger partial charge is 0.272 e. The Bertz CT molecular complexity index is 451. The van der Waals surface area contributed by atoms with Crippen molar-refractivity contribution in [1.82, 2.24) is 0 Å². The predicted octanol–water partition coefficient (Wildman–Crippen LogP) is 2.74. The topological polar surface area (TPSA) is 32.7 Å². The van der Waals surface area contributed by atoms with Crippen LogP contribution in [-0.2, 0) is 4.79 Å². The maximum absolute atomic E-state index is 12.0. The summed E-state index contributed by atoms with van der Waals surface area (Å²) in [6.07, 6.45) is 0.829. The number of carbonyl (C=O) groups excluding carboxylic acids is 1. The number of hydrazone groups is 1. The normalized spacial score (nSPS) is 20.2. The number of rotatable bonds is 2. The molecule has 1 aromatic carbocycles. The zero-order chi connectivity index (χ0) is 11.7. The Kier molecular flexibility index (Phi) is 2.77. The zero-order valence-electron chi connectivity index (χ0n) is 9.90. The molecule has 1 unspecified atom stereocenters. The van der Waals surface area contributed by atoms with Crippen molar-refractivity contribution in [2.75, 3.05) is 5.01 Å². The van der Waals surface area contributed by atoms with Crippen LogP contribution in [0.1, 0.15) is 25.8 Å². The van der Waals surface area contributed by atoms with Gasteiger partial charge in [-0.1, -0.05) is 19.1 Å². The molecule has 0 fully saturated rings. The lowest BCUT2D eigenvalue weighted by Crippen LogP contribution is -2.25. The highest BCUT2D eigenvalue weighted by Gasteiger charge is 2.31. The van der Waals surface area contributed by atoms with Crippen LogP contribution in [-0.4, -0.2) is 11.6 Å². The van der Waals surface area contributed by atoms with Gasteiger partial charge in [0.1, 0.15) is 0 Å². The molecule has 1 amide bonds. The van der Waals surface area contributed by atoms with E-state index in [9.17, 15) is 4.79 Å². The van der Waals surface area contributed by atoms with Crippen LogP contribution < -0.4 is 5.01 Å². The second-order valence-electron chi connectivity index (χ2n) is 4.16. The van der Waals surface area contributed by atoms with Gasteiger partial charge in [0.05, 0.1) is 17.3 Å². The lowest BCUT2D eigenvalue weighted by molar-refractivity contribution is -0.119. The van der Waals surface area contributed by atoms with Crippen molar-refractivity contribution in [3.05, 3.63) is 29.8 Å². The number of benzene rings is 1. The summed E-state index contributed by atoms with van der Waals surface area (Å²) in [5, 5.41) is 5.90. The van der Waals surface area contributed by atoms with E-state index in [0.29, 0.717) is 0 Å². The first-order valence-electron chi connectivity index (χ1n) is 5.61. The Labute approximate surface area is 95.8 Å². The first-order valence-corrected chi connectivity index (χ1v) is 5.61.